The lowest BCUT2D eigenvalue weighted by Crippen LogP contribution is -2.29. The Balaban J connectivity index is 1.31. The third kappa shape index (κ3) is 5.36. The molecule has 0 unspecified atom stereocenters. The SMILES string of the molecule is Nc1c(NC(=O)c2ccc(CN3CCCCC3)cc2)cccc1-c1nccc(-c2cccnc2)n1. The highest BCUT2D eigenvalue weighted by Crippen LogP contribution is 2.31. The van der Waals surface area contributed by atoms with Crippen LogP contribution in [0.2, 0.25) is 0 Å². The number of nitrogen functional groups attached to an aromatic ring is 1. The molecule has 1 aliphatic heterocycles. The van der Waals surface area contributed by atoms with Crippen molar-refractivity contribution in [2.24, 2.45) is 0 Å². The normalized spacial score (nSPS) is 13.9. The van der Waals surface area contributed by atoms with Crippen LogP contribution in [0, 0.1) is 0 Å². The van der Waals surface area contributed by atoms with Gasteiger partial charge in [0, 0.05) is 41.8 Å². The number of likely N-dealkylation sites (tertiary alicyclic amines) is 1. The smallest absolute Gasteiger partial charge is 0.255 e. The molecular weight excluding hydrogens is 436 g/mol. The summed E-state index contributed by atoms with van der Waals surface area (Å²) in [4.78, 5) is 28.6. The Morgan fingerprint density at radius 1 is 0.943 bits per heavy atom. The first-order chi connectivity index (χ1) is 17.2. The molecule has 0 bridgehead atoms. The molecule has 2 aromatic heterocycles. The number of benzene rings is 2. The van der Waals surface area contributed by atoms with Crippen LogP contribution in [0.4, 0.5) is 11.4 Å². The lowest BCUT2D eigenvalue weighted by molar-refractivity contribution is 0.102. The van der Waals surface area contributed by atoms with Gasteiger partial charge in [0.2, 0.25) is 0 Å². The Morgan fingerprint density at radius 2 is 1.77 bits per heavy atom. The number of nitrogens with zero attached hydrogens (tertiary/aromatic N) is 4. The van der Waals surface area contributed by atoms with Gasteiger partial charge in [-0.2, -0.15) is 0 Å². The second-order valence-electron chi connectivity index (χ2n) is 8.76. The van der Waals surface area contributed by atoms with E-state index in [0.717, 1.165) is 30.9 Å². The molecule has 5 rings (SSSR count). The molecule has 7 nitrogen and oxygen atoms in total. The minimum Gasteiger partial charge on any atom is -0.396 e. The standard InChI is InChI=1S/C28H28N6O/c29-26-23(27-31-15-13-24(32-27)22-6-5-14-30-18-22)7-4-8-25(26)33-28(35)21-11-9-20(10-12-21)19-34-16-2-1-3-17-34/h4-15,18H,1-3,16-17,19,29H2,(H,33,35). The summed E-state index contributed by atoms with van der Waals surface area (Å²) in [6, 6.07) is 18.9. The summed E-state index contributed by atoms with van der Waals surface area (Å²) >= 11 is 0. The summed E-state index contributed by atoms with van der Waals surface area (Å²) in [6.07, 6.45) is 9.02. The van der Waals surface area contributed by atoms with Crippen LogP contribution in [0.1, 0.15) is 35.2 Å². The summed E-state index contributed by atoms with van der Waals surface area (Å²) in [5.74, 6) is 0.283. The van der Waals surface area contributed by atoms with Crippen LogP contribution in [0.5, 0.6) is 0 Å². The van der Waals surface area contributed by atoms with Gasteiger partial charge in [0.05, 0.1) is 17.1 Å². The molecule has 2 aromatic carbocycles. The Kier molecular flexibility index (Phi) is 6.77. The van der Waals surface area contributed by atoms with Crippen LogP contribution in [0.3, 0.4) is 0 Å². The van der Waals surface area contributed by atoms with Gasteiger partial charge in [0.25, 0.3) is 5.91 Å². The lowest BCUT2D eigenvalue weighted by Gasteiger charge is -2.26. The molecule has 0 atom stereocenters. The van der Waals surface area contributed by atoms with Crippen molar-refractivity contribution < 1.29 is 4.79 Å². The number of rotatable bonds is 6. The molecule has 4 aromatic rings. The third-order valence-electron chi connectivity index (χ3n) is 6.28. The topological polar surface area (TPSA) is 97.0 Å². The van der Waals surface area contributed by atoms with E-state index in [4.69, 9.17) is 5.73 Å². The predicted octanol–water partition coefficient (Wildman–Crippen LogP) is 5.03. The highest BCUT2D eigenvalue weighted by molar-refractivity contribution is 6.06. The monoisotopic (exact) mass is 464 g/mol. The van der Waals surface area contributed by atoms with Crippen LogP contribution in [-0.2, 0) is 6.54 Å². The van der Waals surface area contributed by atoms with Gasteiger partial charge in [0.1, 0.15) is 0 Å². The van der Waals surface area contributed by atoms with Crippen molar-refractivity contribution in [2.75, 3.05) is 24.1 Å². The molecule has 1 saturated heterocycles. The van der Waals surface area contributed by atoms with E-state index in [1.165, 1.54) is 24.8 Å². The van der Waals surface area contributed by atoms with Crippen LogP contribution in [-0.4, -0.2) is 38.8 Å². The number of amides is 1. The number of carbonyl (C=O) groups is 1. The van der Waals surface area contributed by atoms with Crippen molar-refractivity contribution in [3.8, 4) is 22.6 Å². The zero-order valence-electron chi connectivity index (χ0n) is 19.5. The van der Waals surface area contributed by atoms with Crippen molar-refractivity contribution in [1.82, 2.24) is 19.9 Å². The minimum absolute atomic E-state index is 0.205. The number of nitrogens with one attached hydrogen (secondary N) is 1. The highest BCUT2D eigenvalue weighted by Gasteiger charge is 2.15. The lowest BCUT2D eigenvalue weighted by atomic mass is 10.1. The van der Waals surface area contributed by atoms with Crippen molar-refractivity contribution in [2.45, 2.75) is 25.8 Å². The van der Waals surface area contributed by atoms with E-state index in [9.17, 15) is 4.79 Å². The maximum absolute atomic E-state index is 12.9. The summed E-state index contributed by atoms with van der Waals surface area (Å²) in [5, 5.41) is 2.94. The molecule has 1 aliphatic rings. The number of anilines is 2. The number of pyridine rings is 1. The molecule has 35 heavy (non-hydrogen) atoms. The fraction of sp³-hybridized carbons (Fsp3) is 0.214. The van der Waals surface area contributed by atoms with E-state index in [-0.39, 0.29) is 5.91 Å². The van der Waals surface area contributed by atoms with E-state index in [2.05, 4.69) is 25.2 Å². The van der Waals surface area contributed by atoms with E-state index in [0.29, 0.717) is 28.3 Å². The molecule has 176 valence electrons. The number of piperidine rings is 1. The second kappa shape index (κ2) is 10.4. The fourth-order valence-electron chi connectivity index (χ4n) is 4.36. The zero-order chi connectivity index (χ0) is 24.0. The molecular formula is C28H28N6O. The van der Waals surface area contributed by atoms with Crippen LogP contribution >= 0.6 is 0 Å². The number of nitrogens with two attached hydrogens (primary N) is 1. The molecule has 0 radical (unpaired) electrons. The maximum Gasteiger partial charge on any atom is 0.255 e. The van der Waals surface area contributed by atoms with Crippen LogP contribution < -0.4 is 11.1 Å². The number of para-hydroxylation sites is 1. The molecule has 1 fully saturated rings. The van der Waals surface area contributed by atoms with E-state index in [1.54, 1.807) is 24.7 Å². The first kappa shape index (κ1) is 22.7. The summed E-state index contributed by atoms with van der Waals surface area (Å²) < 4.78 is 0. The highest BCUT2D eigenvalue weighted by atomic mass is 16.1. The zero-order valence-corrected chi connectivity index (χ0v) is 19.5. The van der Waals surface area contributed by atoms with E-state index < -0.39 is 0 Å². The number of hydrogen-bond donors (Lipinski definition) is 2. The first-order valence-electron chi connectivity index (χ1n) is 11.9. The first-order valence-corrected chi connectivity index (χ1v) is 11.9. The second-order valence-corrected chi connectivity index (χ2v) is 8.76. The molecule has 3 N–H and O–H groups in total. The van der Waals surface area contributed by atoms with Gasteiger partial charge >= 0.3 is 0 Å². The number of carbonyl (C=O) groups excluding carboxylic acids is 1. The Labute approximate surface area is 205 Å². The van der Waals surface area contributed by atoms with Crippen molar-refractivity contribution in [1.29, 1.82) is 0 Å². The van der Waals surface area contributed by atoms with Crippen LogP contribution in [0.25, 0.3) is 22.6 Å². The molecule has 0 saturated carbocycles. The molecule has 3 heterocycles. The summed E-state index contributed by atoms with van der Waals surface area (Å²) in [7, 11) is 0. The minimum atomic E-state index is -0.205. The van der Waals surface area contributed by atoms with Gasteiger partial charge in [0.15, 0.2) is 5.82 Å². The van der Waals surface area contributed by atoms with Gasteiger partial charge in [-0.3, -0.25) is 14.7 Å². The maximum atomic E-state index is 12.9. The van der Waals surface area contributed by atoms with Gasteiger partial charge in [-0.25, -0.2) is 9.97 Å². The molecule has 0 spiro atoms. The molecule has 7 heteroatoms. The average molecular weight is 465 g/mol. The summed E-state index contributed by atoms with van der Waals surface area (Å²) in [6.45, 7) is 3.22. The number of aromatic nitrogens is 3. The molecule has 0 aliphatic carbocycles. The van der Waals surface area contributed by atoms with Crippen molar-refractivity contribution in [3.63, 3.8) is 0 Å². The quantitative estimate of drug-likeness (QED) is 0.389. The Morgan fingerprint density at radius 3 is 2.54 bits per heavy atom. The van der Waals surface area contributed by atoms with Gasteiger partial charge in [-0.05, 0) is 74.0 Å². The van der Waals surface area contributed by atoms with Crippen molar-refractivity contribution in [3.05, 3.63) is 90.4 Å². The van der Waals surface area contributed by atoms with E-state index in [1.807, 2.05) is 54.6 Å². The van der Waals surface area contributed by atoms with Crippen LogP contribution in [0.15, 0.2) is 79.3 Å². The number of hydrogen-bond acceptors (Lipinski definition) is 6. The van der Waals surface area contributed by atoms with Crippen molar-refractivity contribution >= 4 is 17.3 Å². The fourth-order valence-corrected chi connectivity index (χ4v) is 4.36. The molecule has 1 amide bonds. The largest absolute Gasteiger partial charge is 0.396 e. The predicted molar refractivity (Wildman–Crippen MR) is 139 cm³/mol. The third-order valence-corrected chi connectivity index (χ3v) is 6.28. The van der Waals surface area contributed by atoms with Gasteiger partial charge in [-0.1, -0.05) is 24.6 Å². The van der Waals surface area contributed by atoms with Gasteiger partial charge in [-0.15, -0.1) is 0 Å². The van der Waals surface area contributed by atoms with E-state index >= 15 is 0 Å². The average Bonchev–Trinajstić information content (AvgIpc) is 2.91. The van der Waals surface area contributed by atoms with Gasteiger partial charge < -0.3 is 11.1 Å². The Bertz CT molecular complexity index is 1300. The summed E-state index contributed by atoms with van der Waals surface area (Å²) in [5.41, 5.74) is 11.5. The Hall–Kier alpha value is -4.10.